The summed E-state index contributed by atoms with van der Waals surface area (Å²) in [7, 11) is 0. The van der Waals surface area contributed by atoms with E-state index in [-0.39, 0.29) is 49.0 Å². The number of hydrogen-bond donors (Lipinski definition) is 0. The maximum Gasteiger partial charge on any atom is 1.00 e. The molecule has 0 aliphatic carbocycles. The van der Waals surface area contributed by atoms with E-state index in [0.717, 1.165) is 6.42 Å². The molecule has 0 fully saturated rings. The molecule has 0 aliphatic rings. The van der Waals surface area contributed by atoms with Crippen LogP contribution in [0.3, 0.4) is 0 Å². The fourth-order valence-electron chi connectivity index (χ4n) is 1.82. The summed E-state index contributed by atoms with van der Waals surface area (Å²) in [5.74, 6) is -1.72. The van der Waals surface area contributed by atoms with E-state index < -0.39 is 11.9 Å². The van der Waals surface area contributed by atoms with Gasteiger partial charge in [-0.2, -0.15) is 0 Å². The molecule has 0 spiro atoms. The molecule has 0 saturated carbocycles. The van der Waals surface area contributed by atoms with Gasteiger partial charge in [0.2, 0.25) is 0 Å². The third-order valence-electron chi connectivity index (χ3n) is 3.01. The zero-order valence-corrected chi connectivity index (χ0v) is 15.6. The van der Waals surface area contributed by atoms with Crippen LogP contribution in [0.4, 0.5) is 0 Å². The van der Waals surface area contributed by atoms with Crippen LogP contribution in [0.5, 0.6) is 0 Å². The Labute approximate surface area is 150 Å². The Morgan fingerprint density at radius 3 is 2.19 bits per heavy atom. The van der Waals surface area contributed by atoms with Gasteiger partial charge in [0.25, 0.3) is 0 Å². The van der Waals surface area contributed by atoms with E-state index in [1.165, 1.54) is 44.9 Å². The van der Waals surface area contributed by atoms with Crippen molar-refractivity contribution < 1.29 is 49.0 Å². The van der Waals surface area contributed by atoms with Crippen LogP contribution in [0.15, 0.2) is 12.2 Å². The van der Waals surface area contributed by atoms with Crippen LogP contribution in [-0.2, 0) is 14.3 Å². The van der Waals surface area contributed by atoms with Crippen LogP contribution in [0, 0.1) is 0 Å². The average Bonchev–Trinajstić information content (AvgIpc) is 2.42. The van der Waals surface area contributed by atoms with Crippen LogP contribution in [-0.4, -0.2) is 18.5 Å². The van der Waals surface area contributed by atoms with Crippen LogP contribution < -0.4 is 34.7 Å². The van der Waals surface area contributed by atoms with Gasteiger partial charge in [-0.05, 0) is 19.3 Å². The molecule has 0 aromatic rings. The molecule has 4 nitrogen and oxygen atoms in total. The van der Waals surface area contributed by atoms with Gasteiger partial charge in [0.15, 0.2) is 0 Å². The summed E-state index contributed by atoms with van der Waals surface area (Å²) < 4.78 is 4.85. The molecule has 0 atom stereocenters. The number of aliphatic carboxylic acids is 1. The van der Waals surface area contributed by atoms with E-state index in [4.69, 9.17) is 4.74 Å². The quantitative estimate of drug-likeness (QED) is 0.204. The molecule has 0 heterocycles. The molecular weight excluding hydrogens is 279 g/mol. The van der Waals surface area contributed by atoms with Gasteiger partial charge in [-0.15, -0.1) is 0 Å². The van der Waals surface area contributed by atoms with Gasteiger partial charge in [0, 0.05) is 5.97 Å². The number of carbonyl (C=O) groups is 2. The molecule has 0 aromatic carbocycles. The predicted molar refractivity (Wildman–Crippen MR) is 77.0 cm³/mol. The molecule has 0 unspecified atom stereocenters. The SMILES string of the molecule is CCCCCCCCCC=CCOC(=O)CCC(=O)[O-].[Na+]. The number of esters is 1. The van der Waals surface area contributed by atoms with Crippen molar-refractivity contribution in [1.82, 2.24) is 0 Å². The van der Waals surface area contributed by atoms with Crippen molar-refractivity contribution in [1.29, 1.82) is 0 Å². The van der Waals surface area contributed by atoms with Crippen molar-refractivity contribution in [2.45, 2.75) is 71.1 Å². The summed E-state index contributed by atoms with van der Waals surface area (Å²) in [6, 6.07) is 0. The molecule has 0 radical (unpaired) electrons. The van der Waals surface area contributed by atoms with E-state index in [9.17, 15) is 14.7 Å². The van der Waals surface area contributed by atoms with Crippen molar-refractivity contribution in [2.24, 2.45) is 0 Å². The monoisotopic (exact) mass is 306 g/mol. The summed E-state index contributed by atoms with van der Waals surface area (Å²) in [5.41, 5.74) is 0. The van der Waals surface area contributed by atoms with Gasteiger partial charge in [-0.1, -0.05) is 57.6 Å². The fourth-order valence-corrected chi connectivity index (χ4v) is 1.82. The Bertz CT molecular complexity index is 290. The first-order chi connectivity index (χ1) is 9.66. The average molecular weight is 306 g/mol. The molecule has 21 heavy (non-hydrogen) atoms. The largest absolute Gasteiger partial charge is 1.00 e. The molecule has 0 bridgehead atoms. The van der Waals surface area contributed by atoms with Gasteiger partial charge in [-0.3, -0.25) is 4.79 Å². The van der Waals surface area contributed by atoms with Crippen molar-refractivity contribution in [3.05, 3.63) is 12.2 Å². The molecule has 0 aliphatic heterocycles. The number of hydrogen-bond acceptors (Lipinski definition) is 4. The van der Waals surface area contributed by atoms with Gasteiger partial charge in [0.05, 0.1) is 6.42 Å². The normalized spacial score (nSPS) is 10.3. The maximum absolute atomic E-state index is 11.1. The fraction of sp³-hybridized carbons (Fsp3) is 0.750. The number of allylic oxidation sites excluding steroid dienone is 1. The number of carboxylic acids is 1. The zero-order chi connectivity index (χ0) is 15.1. The summed E-state index contributed by atoms with van der Waals surface area (Å²) in [4.78, 5) is 21.2. The minimum Gasteiger partial charge on any atom is -0.550 e. The van der Waals surface area contributed by atoms with E-state index in [1.807, 2.05) is 12.2 Å². The van der Waals surface area contributed by atoms with Gasteiger partial charge < -0.3 is 14.6 Å². The molecular formula is C16H27NaO4. The van der Waals surface area contributed by atoms with E-state index in [0.29, 0.717) is 0 Å². The second-order valence-electron chi connectivity index (χ2n) is 4.94. The van der Waals surface area contributed by atoms with E-state index in [2.05, 4.69) is 6.92 Å². The molecule has 0 N–H and O–H groups in total. The summed E-state index contributed by atoms with van der Waals surface area (Å²) >= 11 is 0. The number of carbonyl (C=O) groups excluding carboxylic acids is 2. The second-order valence-corrected chi connectivity index (χ2v) is 4.94. The zero-order valence-electron chi connectivity index (χ0n) is 13.6. The Morgan fingerprint density at radius 1 is 0.952 bits per heavy atom. The number of rotatable bonds is 13. The summed E-state index contributed by atoms with van der Waals surface area (Å²) in [6.07, 6.45) is 13.4. The van der Waals surface area contributed by atoms with Crippen LogP contribution in [0.1, 0.15) is 71.1 Å². The smallest absolute Gasteiger partial charge is 0.550 e. The van der Waals surface area contributed by atoms with Gasteiger partial charge in [-0.25, -0.2) is 0 Å². The van der Waals surface area contributed by atoms with Crippen LogP contribution >= 0.6 is 0 Å². The Hall–Kier alpha value is -0.320. The van der Waals surface area contributed by atoms with E-state index >= 15 is 0 Å². The minimum absolute atomic E-state index is 0. The first-order valence-electron chi connectivity index (χ1n) is 7.67. The number of carboxylic acid groups (broad SMARTS) is 1. The number of unbranched alkanes of at least 4 members (excludes halogenated alkanes) is 7. The number of ether oxygens (including phenoxy) is 1. The molecule has 5 heteroatoms. The third-order valence-corrected chi connectivity index (χ3v) is 3.01. The Balaban J connectivity index is 0. The summed E-state index contributed by atoms with van der Waals surface area (Å²) in [6.45, 7) is 2.44. The molecule has 0 amide bonds. The predicted octanol–water partition coefficient (Wildman–Crippen LogP) is -0.239. The van der Waals surface area contributed by atoms with Crippen molar-refractivity contribution in [2.75, 3.05) is 6.61 Å². The van der Waals surface area contributed by atoms with Gasteiger partial charge >= 0.3 is 35.5 Å². The Morgan fingerprint density at radius 2 is 1.57 bits per heavy atom. The van der Waals surface area contributed by atoms with Crippen LogP contribution in [0.25, 0.3) is 0 Å². The van der Waals surface area contributed by atoms with Crippen molar-refractivity contribution in [3.63, 3.8) is 0 Å². The molecule has 0 aromatic heterocycles. The summed E-state index contributed by atoms with van der Waals surface area (Å²) in [5, 5.41) is 10.1. The van der Waals surface area contributed by atoms with Crippen molar-refractivity contribution >= 4 is 11.9 Å². The van der Waals surface area contributed by atoms with Crippen LogP contribution in [0.2, 0.25) is 0 Å². The third kappa shape index (κ3) is 19.7. The minimum atomic E-state index is -1.23. The van der Waals surface area contributed by atoms with Crippen molar-refractivity contribution in [3.8, 4) is 0 Å². The first-order valence-corrected chi connectivity index (χ1v) is 7.67. The van der Waals surface area contributed by atoms with Gasteiger partial charge in [0.1, 0.15) is 6.61 Å². The second kappa shape index (κ2) is 17.7. The van der Waals surface area contributed by atoms with E-state index in [1.54, 1.807) is 0 Å². The standard InChI is InChI=1S/C16H28O4.Na/c1-2-3-4-5-6-7-8-9-10-11-14-20-16(19)13-12-15(17)18;/h10-11H,2-9,12-14H2,1H3,(H,17,18);/q;+1/p-1. The maximum atomic E-state index is 11.1. The first kappa shape index (κ1) is 23.0. The molecule has 116 valence electrons. The topological polar surface area (TPSA) is 66.4 Å². The molecule has 0 rings (SSSR count). The molecule has 0 saturated heterocycles. The Kier molecular flexibility index (Phi) is 19.4.